The Hall–Kier alpha value is -8.14. The number of rotatable bonds is 6. The first-order chi connectivity index (χ1) is 32.4. The maximum Gasteiger partial charge on any atom is 0.416 e. The Morgan fingerprint density at radius 2 is 0.881 bits per heavy atom. The first-order valence-corrected chi connectivity index (χ1v) is 22.4. The van der Waals surface area contributed by atoms with Gasteiger partial charge in [-0.3, -0.25) is 0 Å². The van der Waals surface area contributed by atoms with Gasteiger partial charge in [-0.1, -0.05) is 126 Å². The average Bonchev–Trinajstić information content (AvgIpc) is 3.83. The van der Waals surface area contributed by atoms with Crippen LogP contribution in [0, 0.1) is 41.2 Å². The minimum absolute atomic E-state index is 0.423. The van der Waals surface area contributed by atoms with E-state index in [2.05, 4.69) is 163 Å². The monoisotopic (exact) mass is 875 g/mol. The van der Waals surface area contributed by atoms with Gasteiger partial charge >= 0.3 is 6.18 Å². The van der Waals surface area contributed by atoms with Gasteiger partial charge in [-0.05, 0) is 145 Å². The Labute approximate surface area is 387 Å². The molecule has 0 unspecified atom stereocenters. The van der Waals surface area contributed by atoms with Crippen LogP contribution in [0.5, 0.6) is 0 Å². The van der Waals surface area contributed by atoms with Crippen molar-refractivity contribution >= 4 is 49.3 Å². The fraction of sp³-hybridized carbons (Fsp3) is 0.0984. The van der Waals surface area contributed by atoms with Crippen molar-refractivity contribution in [2.45, 2.75) is 40.8 Å². The van der Waals surface area contributed by atoms with E-state index >= 15 is 0 Å². The molecule has 6 heteroatoms. The Balaban J connectivity index is 1.25. The highest BCUT2D eigenvalue weighted by molar-refractivity contribution is 6.14. The van der Waals surface area contributed by atoms with Crippen LogP contribution < -0.4 is 0 Å². The molecule has 0 spiro atoms. The van der Waals surface area contributed by atoms with Gasteiger partial charge in [0.05, 0.1) is 39.9 Å². The van der Waals surface area contributed by atoms with Crippen LogP contribution in [0.4, 0.5) is 18.9 Å². The van der Waals surface area contributed by atoms with Crippen LogP contribution in [0.3, 0.4) is 0 Å². The number of nitrogens with zero attached hydrogens (tertiary/aromatic N) is 3. The van der Waals surface area contributed by atoms with E-state index in [9.17, 15) is 13.2 Å². The lowest BCUT2D eigenvalue weighted by atomic mass is 9.88. The van der Waals surface area contributed by atoms with Crippen molar-refractivity contribution < 1.29 is 13.2 Å². The second kappa shape index (κ2) is 15.8. The zero-order chi connectivity index (χ0) is 46.3. The number of hydrogen-bond acceptors (Lipinski definition) is 0. The van der Waals surface area contributed by atoms with E-state index in [-0.39, 0.29) is 0 Å². The highest BCUT2D eigenvalue weighted by Crippen LogP contribution is 2.49. The summed E-state index contributed by atoms with van der Waals surface area (Å²) in [4.78, 5) is 4.24. The van der Waals surface area contributed by atoms with Crippen molar-refractivity contribution in [3.05, 3.63) is 221 Å². The van der Waals surface area contributed by atoms with Crippen molar-refractivity contribution in [1.29, 1.82) is 0 Å². The Morgan fingerprint density at radius 3 is 1.39 bits per heavy atom. The molecule has 0 bridgehead atoms. The minimum Gasteiger partial charge on any atom is -0.310 e. The number of hydrogen-bond donors (Lipinski definition) is 0. The van der Waals surface area contributed by atoms with Crippen LogP contribution >= 0.6 is 0 Å². The SMILES string of the molecule is [C-]#[N+]c1cccc(-n2c3ccccc3c3cc(-c4ccc(C)cc4C)ccc32)c1-c1c(-c2ccc(C(F)(F)F)cc2C)cccc1-n1c2ccccc2c2cc(-c3ccc(C)cc3C)ccc21. The van der Waals surface area contributed by atoms with E-state index < -0.39 is 11.7 Å². The zero-order valence-electron chi connectivity index (χ0n) is 37.7. The van der Waals surface area contributed by atoms with Gasteiger partial charge in [0.1, 0.15) is 0 Å². The lowest BCUT2D eigenvalue weighted by Gasteiger charge is -2.23. The topological polar surface area (TPSA) is 14.2 Å². The largest absolute Gasteiger partial charge is 0.416 e. The minimum atomic E-state index is -4.51. The molecule has 11 rings (SSSR count). The van der Waals surface area contributed by atoms with Crippen LogP contribution in [0.1, 0.15) is 33.4 Å². The van der Waals surface area contributed by atoms with Gasteiger partial charge in [0, 0.05) is 38.4 Å². The number of benzene rings is 9. The van der Waals surface area contributed by atoms with Crippen LogP contribution in [0.25, 0.3) is 104 Å². The van der Waals surface area contributed by atoms with Crippen LogP contribution in [0.2, 0.25) is 0 Å². The van der Waals surface area contributed by atoms with Crippen molar-refractivity contribution in [2.24, 2.45) is 0 Å². The zero-order valence-corrected chi connectivity index (χ0v) is 37.7. The van der Waals surface area contributed by atoms with Gasteiger partial charge in [0.2, 0.25) is 0 Å². The van der Waals surface area contributed by atoms with Gasteiger partial charge in [0.15, 0.2) is 5.69 Å². The van der Waals surface area contributed by atoms with Crippen LogP contribution in [0.15, 0.2) is 176 Å². The molecule has 0 fully saturated rings. The molecule has 67 heavy (non-hydrogen) atoms. The summed E-state index contributed by atoms with van der Waals surface area (Å²) in [6.45, 7) is 19.0. The number of fused-ring (bicyclic) bond motifs is 6. The molecule has 0 aliphatic carbocycles. The summed E-state index contributed by atoms with van der Waals surface area (Å²) in [5.41, 5.74) is 17.8. The van der Waals surface area contributed by atoms with Crippen molar-refractivity contribution in [3.63, 3.8) is 0 Å². The van der Waals surface area contributed by atoms with Crippen molar-refractivity contribution in [3.8, 4) is 55.9 Å². The molecule has 0 radical (unpaired) electrons. The lowest BCUT2D eigenvalue weighted by Crippen LogP contribution is -2.06. The van der Waals surface area contributed by atoms with Gasteiger partial charge in [-0.2, -0.15) is 13.2 Å². The fourth-order valence-electron chi connectivity index (χ4n) is 10.5. The molecule has 0 saturated heterocycles. The van der Waals surface area contributed by atoms with Crippen LogP contribution in [-0.4, -0.2) is 9.13 Å². The Kier molecular flexibility index (Phi) is 9.79. The summed E-state index contributed by atoms with van der Waals surface area (Å²) in [6, 6.07) is 58.8. The molecule has 0 aliphatic heterocycles. The molecule has 11 aromatic rings. The lowest BCUT2D eigenvalue weighted by molar-refractivity contribution is -0.137. The first-order valence-electron chi connectivity index (χ1n) is 22.4. The normalized spacial score (nSPS) is 11.9. The standard InChI is InChI=1S/C61H44F3N3/c1-36-21-26-44(38(3)31-36)41-23-29-55-50(34-41)47-13-7-9-17-53(47)66(55)57-19-11-15-49(46-28-25-43(33-40(46)5)61(62,63)64)59(57)60-52(65-6)16-12-20-58(60)67-54-18-10-8-14-48(54)51-35-42(24-30-56(51)67)45-27-22-37(2)32-39(45)4/h7-35H,1-5H3. The maximum atomic E-state index is 14.3. The molecule has 3 nitrogen and oxygen atoms in total. The van der Waals surface area contributed by atoms with Crippen molar-refractivity contribution in [2.75, 3.05) is 0 Å². The molecule has 0 saturated carbocycles. The highest BCUT2D eigenvalue weighted by Gasteiger charge is 2.32. The van der Waals surface area contributed by atoms with E-state index in [1.54, 1.807) is 13.0 Å². The molecule has 0 atom stereocenters. The molecule has 0 aliphatic rings. The summed E-state index contributed by atoms with van der Waals surface area (Å²) in [6.07, 6.45) is -4.51. The van der Waals surface area contributed by atoms with Crippen LogP contribution in [-0.2, 0) is 6.18 Å². The summed E-state index contributed by atoms with van der Waals surface area (Å²) in [5, 5.41) is 4.27. The number of halogens is 3. The third kappa shape index (κ3) is 6.81. The van der Waals surface area contributed by atoms with E-state index in [0.29, 0.717) is 22.4 Å². The predicted octanol–water partition coefficient (Wildman–Crippen LogP) is 17.7. The quantitative estimate of drug-likeness (QED) is 0.148. The van der Waals surface area contributed by atoms with Crippen molar-refractivity contribution in [1.82, 2.24) is 9.13 Å². The molecule has 0 amide bonds. The van der Waals surface area contributed by atoms with Gasteiger partial charge in [-0.25, -0.2) is 4.85 Å². The van der Waals surface area contributed by atoms with E-state index in [1.165, 1.54) is 28.3 Å². The molecule has 2 heterocycles. The van der Waals surface area contributed by atoms with Gasteiger partial charge < -0.3 is 9.13 Å². The van der Waals surface area contributed by atoms with Gasteiger partial charge in [0.25, 0.3) is 0 Å². The summed E-state index contributed by atoms with van der Waals surface area (Å²) in [7, 11) is 0. The highest BCUT2D eigenvalue weighted by atomic mass is 19.4. The molecule has 9 aromatic carbocycles. The third-order valence-corrected chi connectivity index (χ3v) is 13.5. The summed E-state index contributed by atoms with van der Waals surface area (Å²) in [5.74, 6) is 0. The Morgan fingerprint density at radius 1 is 0.403 bits per heavy atom. The van der Waals surface area contributed by atoms with E-state index in [1.807, 2.05) is 36.4 Å². The molecule has 2 aromatic heterocycles. The smallest absolute Gasteiger partial charge is 0.310 e. The molecular weight excluding hydrogens is 832 g/mol. The van der Waals surface area contributed by atoms with Gasteiger partial charge in [-0.15, -0.1) is 0 Å². The molecule has 324 valence electrons. The Bertz CT molecular complexity index is 3870. The summed E-state index contributed by atoms with van der Waals surface area (Å²) < 4.78 is 47.3. The summed E-state index contributed by atoms with van der Waals surface area (Å²) >= 11 is 0. The average molecular weight is 876 g/mol. The van der Waals surface area contributed by atoms with E-state index in [4.69, 9.17) is 6.57 Å². The van der Waals surface area contributed by atoms with E-state index in [0.717, 1.165) is 94.4 Å². The number of para-hydroxylation sites is 2. The second-order valence-corrected chi connectivity index (χ2v) is 17.8. The first kappa shape index (κ1) is 41.6. The number of aryl methyl sites for hydroxylation is 5. The number of aromatic nitrogens is 2. The molecular formula is C61H44F3N3. The maximum absolute atomic E-state index is 14.3. The number of alkyl halides is 3. The molecule has 0 N–H and O–H groups in total. The third-order valence-electron chi connectivity index (χ3n) is 13.5. The predicted molar refractivity (Wildman–Crippen MR) is 272 cm³/mol. The fourth-order valence-corrected chi connectivity index (χ4v) is 10.5. The second-order valence-electron chi connectivity index (χ2n) is 17.8.